The summed E-state index contributed by atoms with van der Waals surface area (Å²) in [6, 6.07) is 3.08. The highest BCUT2D eigenvalue weighted by molar-refractivity contribution is 7.90. The van der Waals surface area contributed by atoms with E-state index in [2.05, 4.69) is 15.6 Å². The Kier molecular flexibility index (Phi) is 3.26. The highest BCUT2D eigenvalue weighted by Gasteiger charge is 2.53. The van der Waals surface area contributed by atoms with Crippen LogP contribution in [-0.2, 0) is 19.4 Å². The van der Waals surface area contributed by atoms with Crippen LogP contribution in [0.2, 0.25) is 0 Å². The van der Waals surface area contributed by atoms with Gasteiger partial charge in [0.2, 0.25) is 5.91 Å². The summed E-state index contributed by atoms with van der Waals surface area (Å²) < 4.78 is 24.5. The molecule has 1 fully saturated rings. The molecule has 2 N–H and O–H groups in total. The SMILES string of the molecule is CN1C=C(c2cc(S(C)(=O)=O)cc3c2NC2(CC2)C(=O)N3)C2C=CN=C2C1=O. The Morgan fingerprint density at radius 1 is 1.25 bits per heavy atom. The van der Waals surface area contributed by atoms with Crippen molar-refractivity contribution in [2.24, 2.45) is 10.9 Å². The van der Waals surface area contributed by atoms with E-state index in [1.165, 1.54) is 11.0 Å². The highest BCUT2D eigenvalue weighted by atomic mass is 32.2. The number of nitrogens with zero attached hydrogens (tertiary/aromatic N) is 2. The molecule has 1 aliphatic carbocycles. The van der Waals surface area contributed by atoms with Crippen LogP contribution in [0.3, 0.4) is 0 Å². The molecule has 4 aliphatic rings. The van der Waals surface area contributed by atoms with E-state index in [1.807, 2.05) is 6.08 Å². The Morgan fingerprint density at radius 2 is 2.00 bits per heavy atom. The lowest BCUT2D eigenvalue weighted by atomic mass is 9.85. The molecule has 144 valence electrons. The molecular weight excluding hydrogens is 380 g/mol. The van der Waals surface area contributed by atoms with Gasteiger partial charge < -0.3 is 15.5 Å². The van der Waals surface area contributed by atoms with E-state index >= 15 is 0 Å². The second kappa shape index (κ2) is 5.32. The van der Waals surface area contributed by atoms with Crippen LogP contribution in [-0.4, -0.2) is 49.7 Å². The van der Waals surface area contributed by atoms with Gasteiger partial charge in [-0.05, 0) is 30.5 Å². The van der Waals surface area contributed by atoms with Gasteiger partial charge in [-0.1, -0.05) is 6.08 Å². The molecule has 2 amide bonds. The average molecular weight is 398 g/mol. The summed E-state index contributed by atoms with van der Waals surface area (Å²) in [5, 5.41) is 6.19. The standard InChI is InChI=1S/C19H18N4O4S/c1-23-9-13(11-3-6-20-16(11)17(23)24)12-7-10(28(2,26)27)8-14-15(12)22-19(4-5-19)18(25)21-14/h3,6-9,11,22H,4-5H2,1-2H3,(H,21,25). The molecular formula is C19H18N4O4S. The van der Waals surface area contributed by atoms with Gasteiger partial charge >= 0.3 is 0 Å². The molecule has 1 spiro atoms. The van der Waals surface area contributed by atoms with Crippen LogP contribution in [0.25, 0.3) is 5.57 Å². The van der Waals surface area contributed by atoms with Crippen LogP contribution in [0, 0.1) is 5.92 Å². The fraction of sp³-hybridized carbons (Fsp3) is 0.316. The van der Waals surface area contributed by atoms with E-state index in [4.69, 9.17) is 0 Å². The number of nitrogens with one attached hydrogen (secondary N) is 2. The number of rotatable bonds is 2. The van der Waals surface area contributed by atoms with Gasteiger partial charge in [0.05, 0.1) is 22.2 Å². The number of benzene rings is 1. The number of anilines is 2. The number of aliphatic imine (C=N–C) groups is 1. The number of hydrogen-bond donors (Lipinski definition) is 2. The third kappa shape index (κ3) is 2.35. The molecule has 1 aromatic carbocycles. The molecule has 9 heteroatoms. The second-order valence-electron chi connectivity index (χ2n) is 7.66. The zero-order valence-electron chi connectivity index (χ0n) is 15.3. The van der Waals surface area contributed by atoms with Crippen LogP contribution < -0.4 is 10.6 Å². The van der Waals surface area contributed by atoms with Gasteiger partial charge in [-0.25, -0.2) is 8.42 Å². The minimum Gasteiger partial charge on any atom is -0.369 e. The molecule has 5 rings (SSSR count). The van der Waals surface area contributed by atoms with Crippen molar-refractivity contribution in [3.05, 3.63) is 36.2 Å². The van der Waals surface area contributed by atoms with E-state index in [1.54, 1.807) is 25.5 Å². The predicted molar refractivity (Wildman–Crippen MR) is 105 cm³/mol. The smallest absolute Gasteiger partial charge is 0.272 e. The molecule has 0 bridgehead atoms. The molecule has 0 aromatic heterocycles. The number of carbonyl (C=O) groups excluding carboxylic acids is 2. The fourth-order valence-electron chi connectivity index (χ4n) is 3.89. The maximum Gasteiger partial charge on any atom is 0.272 e. The van der Waals surface area contributed by atoms with Gasteiger partial charge in [0.15, 0.2) is 9.84 Å². The first-order chi connectivity index (χ1) is 13.2. The van der Waals surface area contributed by atoms with Crippen molar-refractivity contribution in [3.63, 3.8) is 0 Å². The molecule has 28 heavy (non-hydrogen) atoms. The normalized spacial score (nSPS) is 24.2. The molecule has 0 radical (unpaired) electrons. The Hall–Kier alpha value is -2.94. The molecule has 3 heterocycles. The zero-order chi connectivity index (χ0) is 19.8. The van der Waals surface area contributed by atoms with Gasteiger partial charge in [0.1, 0.15) is 11.3 Å². The number of sulfone groups is 1. The average Bonchev–Trinajstić information content (AvgIpc) is 3.23. The summed E-state index contributed by atoms with van der Waals surface area (Å²) in [6.45, 7) is 0. The first-order valence-electron chi connectivity index (χ1n) is 8.91. The first-order valence-corrected chi connectivity index (χ1v) is 10.8. The molecule has 1 aromatic rings. The van der Waals surface area contributed by atoms with Crippen molar-refractivity contribution in [2.75, 3.05) is 23.9 Å². The molecule has 1 unspecified atom stereocenters. The van der Waals surface area contributed by atoms with Crippen LogP contribution in [0.15, 0.2) is 40.5 Å². The van der Waals surface area contributed by atoms with Gasteiger partial charge in [-0.3, -0.25) is 14.6 Å². The van der Waals surface area contributed by atoms with Crippen LogP contribution in [0.5, 0.6) is 0 Å². The Labute approximate surface area is 161 Å². The van der Waals surface area contributed by atoms with Crippen LogP contribution >= 0.6 is 0 Å². The lowest BCUT2D eigenvalue weighted by Gasteiger charge is -2.32. The summed E-state index contributed by atoms with van der Waals surface area (Å²) in [6.07, 6.45) is 7.69. The van der Waals surface area contributed by atoms with E-state index in [9.17, 15) is 18.0 Å². The van der Waals surface area contributed by atoms with Gasteiger partial charge in [0, 0.05) is 31.3 Å². The Morgan fingerprint density at radius 3 is 2.68 bits per heavy atom. The van der Waals surface area contributed by atoms with Crippen molar-refractivity contribution < 1.29 is 18.0 Å². The van der Waals surface area contributed by atoms with Crippen molar-refractivity contribution in [2.45, 2.75) is 23.3 Å². The van der Waals surface area contributed by atoms with E-state index in [0.717, 1.165) is 24.7 Å². The fourth-order valence-corrected chi connectivity index (χ4v) is 4.55. The summed E-state index contributed by atoms with van der Waals surface area (Å²) >= 11 is 0. The highest BCUT2D eigenvalue weighted by Crippen LogP contribution is 2.49. The maximum atomic E-state index is 12.4. The Bertz CT molecular complexity index is 1160. The van der Waals surface area contributed by atoms with Gasteiger partial charge in [-0.2, -0.15) is 0 Å². The summed E-state index contributed by atoms with van der Waals surface area (Å²) in [5.41, 5.74) is 2.29. The van der Waals surface area contributed by atoms with Gasteiger partial charge in [-0.15, -0.1) is 0 Å². The summed E-state index contributed by atoms with van der Waals surface area (Å²) in [5.74, 6) is -0.687. The van der Waals surface area contributed by atoms with Crippen molar-refractivity contribution in [1.82, 2.24) is 4.90 Å². The maximum absolute atomic E-state index is 12.4. The molecule has 0 saturated heterocycles. The van der Waals surface area contributed by atoms with Gasteiger partial charge in [0.25, 0.3) is 5.91 Å². The van der Waals surface area contributed by atoms with Crippen LogP contribution in [0.1, 0.15) is 18.4 Å². The third-order valence-electron chi connectivity index (χ3n) is 5.64. The molecule has 3 aliphatic heterocycles. The molecule has 8 nitrogen and oxygen atoms in total. The van der Waals surface area contributed by atoms with Crippen molar-refractivity contribution in [3.8, 4) is 0 Å². The number of allylic oxidation sites excluding steroid dienone is 2. The topological polar surface area (TPSA) is 108 Å². The van der Waals surface area contributed by atoms with E-state index in [0.29, 0.717) is 22.6 Å². The predicted octanol–water partition coefficient (Wildman–Crippen LogP) is 1.38. The minimum absolute atomic E-state index is 0.107. The second-order valence-corrected chi connectivity index (χ2v) is 9.68. The van der Waals surface area contributed by atoms with Crippen LogP contribution in [0.4, 0.5) is 11.4 Å². The van der Waals surface area contributed by atoms with Crippen molar-refractivity contribution in [1.29, 1.82) is 0 Å². The zero-order valence-corrected chi connectivity index (χ0v) is 16.1. The third-order valence-corrected chi connectivity index (χ3v) is 6.73. The quantitative estimate of drug-likeness (QED) is 0.783. The number of hydrogen-bond acceptors (Lipinski definition) is 6. The minimum atomic E-state index is -3.51. The lowest BCUT2D eigenvalue weighted by Crippen LogP contribution is -2.42. The number of fused-ring (bicyclic) bond motifs is 2. The van der Waals surface area contributed by atoms with Crippen molar-refractivity contribution >= 4 is 44.3 Å². The lowest BCUT2D eigenvalue weighted by molar-refractivity contribution is -0.121. The van der Waals surface area contributed by atoms with E-state index in [-0.39, 0.29) is 22.6 Å². The largest absolute Gasteiger partial charge is 0.369 e. The molecule has 1 atom stereocenters. The molecule has 1 saturated carbocycles. The van der Waals surface area contributed by atoms with E-state index < -0.39 is 15.4 Å². The monoisotopic (exact) mass is 398 g/mol. The number of carbonyl (C=O) groups is 2. The summed E-state index contributed by atoms with van der Waals surface area (Å²) in [4.78, 5) is 30.6. The first kappa shape index (κ1) is 17.2. The number of amides is 2. The summed E-state index contributed by atoms with van der Waals surface area (Å²) in [7, 11) is -1.87. The Balaban J connectivity index is 1.75.